The second-order valence-corrected chi connectivity index (χ2v) is 2.83. The third kappa shape index (κ3) is 5.77. The lowest BCUT2D eigenvalue weighted by molar-refractivity contribution is -0.114. The molecule has 12 heavy (non-hydrogen) atoms. The largest absolute Gasteiger partial charge is 0.381 e. The number of nitrogens with one attached hydrogen (secondary N) is 1. The Morgan fingerprint density at radius 1 is 1.42 bits per heavy atom. The molecule has 0 fully saturated rings. The highest BCUT2D eigenvalue weighted by Gasteiger charge is 1.97. The lowest BCUT2D eigenvalue weighted by atomic mass is 10.2. The van der Waals surface area contributed by atoms with Crippen LogP contribution in [0.5, 0.6) is 0 Å². The first kappa shape index (κ1) is 11.0. The van der Waals surface area contributed by atoms with Gasteiger partial charge in [0.15, 0.2) is 0 Å². The molecule has 0 bridgehead atoms. The van der Waals surface area contributed by atoms with Gasteiger partial charge in [0.1, 0.15) is 0 Å². The van der Waals surface area contributed by atoms with E-state index in [4.69, 9.17) is 5.73 Å². The maximum atomic E-state index is 10.5. The van der Waals surface area contributed by atoms with E-state index in [1.165, 1.54) is 19.3 Å². The molecule has 0 saturated carbocycles. The van der Waals surface area contributed by atoms with Crippen LogP contribution in [0.25, 0.3) is 0 Å². The molecule has 0 rings (SSSR count). The van der Waals surface area contributed by atoms with Crippen LogP contribution in [-0.2, 0) is 4.79 Å². The summed E-state index contributed by atoms with van der Waals surface area (Å²) in [6.45, 7) is 6.44. The number of unbranched alkanes of at least 4 members (excludes halogenated alkanes) is 3. The van der Waals surface area contributed by atoms with E-state index in [1.54, 1.807) is 0 Å². The van der Waals surface area contributed by atoms with Crippen LogP contribution in [0.1, 0.15) is 32.6 Å². The third-order valence-electron chi connectivity index (χ3n) is 1.67. The second kappa shape index (κ2) is 6.70. The molecule has 0 radical (unpaired) electrons. The van der Waals surface area contributed by atoms with Crippen LogP contribution in [0, 0.1) is 0 Å². The van der Waals surface area contributed by atoms with Crippen LogP contribution < -0.4 is 11.1 Å². The zero-order valence-electron chi connectivity index (χ0n) is 7.73. The van der Waals surface area contributed by atoms with Crippen LogP contribution in [0.2, 0.25) is 0 Å². The highest BCUT2D eigenvalue weighted by atomic mass is 16.1. The fourth-order valence-electron chi connectivity index (χ4n) is 0.878. The van der Waals surface area contributed by atoms with Gasteiger partial charge < -0.3 is 11.1 Å². The van der Waals surface area contributed by atoms with Gasteiger partial charge in [-0.1, -0.05) is 32.8 Å². The van der Waals surface area contributed by atoms with E-state index in [0.29, 0.717) is 5.70 Å². The van der Waals surface area contributed by atoms with E-state index in [0.717, 1.165) is 13.0 Å². The van der Waals surface area contributed by atoms with Crippen molar-refractivity contribution in [1.29, 1.82) is 0 Å². The fraction of sp³-hybridized carbons (Fsp3) is 0.667. The van der Waals surface area contributed by atoms with Crippen molar-refractivity contribution < 1.29 is 4.79 Å². The molecule has 0 atom stereocenters. The van der Waals surface area contributed by atoms with Gasteiger partial charge in [-0.25, -0.2) is 0 Å². The van der Waals surface area contributed by atoms with Crippen molar-refractivity contribution in [2.75, 3.05) is 6.54 Å². The highest BCUT2D eigenvalue weighted by molar-refractivity contribution is 5.90. The standard InChI is InChI=1S/C9H18N2O/c1-3-4-5-6-7-11-8(2)9(10)12/h11H,2-7H2,1H3,(H2,10,12). The lowest BCUT2D eigenvalue weighted by Crippen LogP contribution is -2.25. The molecular formula is C9H18N2O. The number of rotatable bonds is 7. The fourth-order valence-corrected chi connectivity index (χ4v) is 0.878. The molecule has 0 spiro atoms. The Morgan fingerprint density at radius 3 is 2.58 bits per heavy atom. The molecule has 0 aromatic rings. The Hall–Kier alpha value is -0.990. The molecule has 3 heteroatoms. The molecule has 0 aliphatic rings. The Bertz CT molecular complexity index is 155. The predicted molar refractivity (Wildman–Crippen MR) is 50.5 cm³/mol. The van der Waals surface area contributed by atoms with Gasteiger partial charge in [-0.05, 0) is 6.42 Å². The van der Waals surface area contributed by atoms with Crippen molar-refractivity contribution in [2.45, 2.75) is 32.6 Å². The third-order valence-corrected chi connectivity index (χ3v) is 1.67. The molecule has 0 saturated heterocycles. The van der Waals surface area contributed by atoms with Gasteiger partial charge >= 0.3 is 0 Å². The average molecular weight is 170 g/mol. The average Bonchev–Trinajstić information content (AvgIpc) is 2.03. The number of nitrogens with two attached hydrogens (primary N) is 1. The molecule has 0 heterocycles. The van der Waals surface area contributed by atoms with Crippen molar-refractivity contribution in [1.82, 2.24) is 5.32 Å². The predicted octanol–water partition coefficient (Wildman–Crippen LogP) is 1.16. The van der Waals surface area contributed by atoms with Crippen LogP contribution in [0.3, 0.4) is 0 Å². The molecule has 3 N–H and O–H groups in total. The Kier molecular flexibility index (Phi) is 6.15. The first-order valence-electron chi connectivity index (χ1n) is 4.41. The zero-order valence-corrected chi connectivity index (χ0v) is 7.73. The van der Waals surface area contributed by atoms with Gasteiger partial charge in [0.05, 0.1) is 5.70 Å². The number of hydrogen-bond donors (Lipinski definition) is 2. The van der Waals surface area contributed by atoms with Gasteiger partial charge in [-0.3, -0.25) is 4.79 Å². The quantitative estimate of drug-likeness (QED) is 0.445. The van der Waals surface area contributed by atoms with Crippen molar-refractivity contribution >= 4 is 5.91 Å². The molecule has 0 aliphatic carbocycles. The maximum absolute atomic E-state index is 10.5. The molecule has 3 nitrogen and oxygen atoms in total. The molecule has 0 aliphatic heterocycles. The Balaban J connectivity index is 3.20. The highest BCUT2D eigenvalue weighted by Crippen LogP contribution is 1.97. The molecular weight excluding hydrogens is 152 g/mol. The molecule has 0 aromatic heterocycles. The zero-order chi connectivity index (χ0) is 9.40. The minimum absolute atomic E-state index is 0.312. The van der Waals surface area contributed by atoms with Crippen LogP contribution >= 0.6 is 0 Å². The van der Waals surface area contributed by atoms with Gasteiger partial charge in [0, 0.05) is 6.54 Å². The van der Waals surface area contributed by atoms with Gasteiger partial charge in [0.2, 0.25) is 0 Å². The summed E-state index contributed by atoms with van der Waals surface area (Å²) in [6, 6.07) is 0. The summed E-state index contributed by atoms with van der Waals surface area (Å²) in [6.07, 6.45) is 4.72. The normalized spacial score (nSPS) is 9.42. The van der Waals surface area contributed by atoms with E-state index in [-0.39, 0.29) is 0 Å². The maximum Gasteiger partial charge on any atom is 0.264 e. The number of carbonyl (C=O) groups is 1. The van der Waals surface area contributed by atoms with Gasteiger partial charge in [0.25, 0.3) is 5.91 Å². The first-order valence-corrected chi connectivity index (χ1v) is 4.41. The number of hydrogen-bond acceptors (Lipinski definition) is 2. The summed E-state index contributed by atoms with van der Waals surface area (Å²) in [5, 5.41) is 2.87. The minimum Gasteiger partial charge on any atom is -0.381 e. The van der Waals surface area contributed by atoms with Gasteiger partial charge in [-0.15, -0.1) is 0 Å². The summed E-state index contributed by atoms with van der Waals surface area (Å²) in [7, 11) is 0. The molecule has 1 amide bonds. The SMILES string of the molecule is C=C(NCCCCCC)C(N)=O. The second-order valence-electron chi connectivity index (χ2n) is 2.83. The minimum atomic E-state index is -0.467. The monoisotopic (exact) mass is 170 g/mol. The van der Waals surface area contributed by atoms with Crippen LogP contribution in [-0.4, -0.2) is 12.5 Å². The summed E-state index contributed by atoms with van der Waals surface area (Å²) in [5.74, 6) is -0.467. The summed E-state index contributed by atoms with van der Waals surface area (Å²) in [5.41, 5.74) is 5.29. The molecule has 0 aromatic carbocycles. The Morgan fingerprint density at radius 2 is 2.08 bits per heavy atom. The number of carbonyl (C=O) groups excluding carboxylic acids is 1. The summed E-state index contributed by atoms with van der Waals surface area (Å²) >= 11 is 0. The van der Waals surface area contributed by atoms with Gasteiger partial charge in [-0.2, -0.15) is 0 Å². The van der Waals surface area contributed by atoms with Crippen molar-refractivity contribution in [3.8, 4) is 0 Å². The smallest absolute Gasteiger partial charge is 0.264 e. The van der Waals surface area contributed by atoms with Crippen molar-refractivity contribution in [2.24, 2.45) is 5.73 Å². The lowest BCUT2D eigenvalue weighted by Gasteiger charge is -2.04. The van der Waals surface area contributed by atoms with Crippen LogP contribution in [0.15, 0.2) is 12.3 Å². The van der Waals surface area contributed by atoms with E-state index >= 15 is 0 Å². The molecule has 70 valence electrons. The Labute approximate surface area is 74.0 Å². The number of amides is 1. The van der Waals surface area contributed by atoms with Crippen molar-refractivity contribution in [3.63, 3.8) is 0 Å². The van der Waals surface area contributed by atoms with Crippen LogP contribution in [0.4, 0.5) is 0 Å². The van der Waals surface area contributed by atoms with E-state index in [1.807, 2.05) is 0 Å². The summed E-state index contributed by atoms with van der Waals surface area (Å²) < 4.78 is 0. The number of primary amides is 1. The van der Waals surface area contributed by atoms with Crippen molar-refractivity contribution in [3.05, 3.63) is 12.3 Å². The summed E-state index contributed by atoms with van der Waals surface area (Å²) in [4.78, 5) is 10.5. The van der Waals surface area contributed by atoms with E-state index in [9.17, 15) is 4.79 Å². The van der Waals surface area contributed by atoms with E-state index < -0.39 is 5.91 Å². The molecule has 0 unspecified atom stereocenters. The van der Waals surface area contributed by atoms with E-state index in [2.05, 4.69) is 18.8 Å². The first-order chi connectivity index (χ1) is 5.68. The topological polar surface area (TPSA) is 55.1 Å².